The van der Waals surface area contributed by atoms with Crippen molar-refractivity contribution in [1.82, 2.24) is 4.98 Å². The first-order valence-corrected chi connectivity index (χ1v) is 5.04. The highest BCUT2D eigenvalue weighted by molar-refractivity contribution is 7.17. The van der Waals surface area contributed by atoms with Crippen LogP contribution in [-0.4, -0.2) is 4.98 Å². The van der Waals surface area contributed by atoms with Gasteiger partial charge < -0.3 is 0 Å². The van der Waals surface area contributed by atoms with Gasteiger partial charge in [0.05, 0.1) is 0 Å². The number of fused-ring (bicyclic) bond motifs is 1. The molecule has 0 spiro atoms. The molecule has 0 amide bonds. The molecule has 0 aliphatic rings. The molecule has 0 fully saturated rings. The maximum absolute atomic E-state index is 4.05. The van der Waals surface area contributed by atoms with Crippen molar-refractivity contribution >= 4 is 21.4 Å². The van der Waals surface area contributed by atoms with Crippen LogP contribution in [-0.2, 0) is 0 Å². The lowest BCUT2D eigenvalue weighted by Crippen LogP contribution is -1.69. The molecular formula is C10H13NS. The van der Waals surface area contributed by atoms with Gasteiger partial charge in [-0.05, 0) is 23.9 Å². The van der Waals surface area contributed by atoms with Crippen LogP contribution in [0.3, 0.4) is 0 Å². The summed E-state index contributed by atoms with van der Waals surface area (Å²) >= 11 is 1.77. The van der Waals surface area contributed by atoms with Crippen molar-refractivity contribution in [2.45, 2.75) is 20.8 Å². The monoisotopic (exact) mass is 179 g/mol. The van der Waals surface area contributed by atoms with Gasteiger partial charge in [0.1, 0.15) is 0 Å². The Hall–Kier alpha value is -0.890. The molecule has 2 heteroatoms. The number of pyridine rings is 1. The van der Waals surface area contributed by atoms with E-state index < -0.39 is 0 Å². The minimum absolute atomic E-state index is 1.28. The molecule has 0 unspecified atom stereocenters. The molecule has 2 aromatic rings. The normalized spacial score (nSPS) is 9.25. The molecule has 0 N–H and O–H groups in total. The molecule has 0 saturated heterocycles. The van der Waals surface area contributed by atoms with Crippen LogP contribution in [0.4, 0.5) is 0 Å². The van der Waals surface area contributed by atoms with Crippen molar-refractivity contribution in [3.63, 3.8) is 0 Å². The van der Waals surface area contributed by atoms with Crippen LogP contribution < -0.4 is 0 Å². The summed E-state index contributed by atoms with van der Waals surface area (Å²) in [6.07, 6.45) is 3.75. The smallest absolute Gasteiger partial charge is 0.0376 e. The zero-order chi connectivity index (χ0) is 8.97. The summed E-state index contributed by atoms with van der Waals surface area (Å²) in [7, 11) is 0. The van der Waals surface area contributed by atoms with Gasteiger partial charge in [-0.3, -0.25) is 4.98 Å². The lowest BCUT2D eigenvalue weighted by Gasteiger charge is -1.86. The van der Waals surface area contributed by atoms with Gasteiger partial charge in [0.15, 0.2) is 0 Å². The molecule has 0 bridgehead atoms. The molecular weight excluding hydrogens is 166 g/mol. The fourth-order valence-electron chi connectivity index (χ4n) is 0.996. The first-order chi connectivity index (χ1) is 5.88. The third kappa shape index (κ3) is 1.64. The van der Waals surface area contributed by atoms with E-state index in [1.54, 1.807) is 11.3 Å². The van der Waals surface area contributed by atoms with Crippen LogP contribution >= 0.6 is 11.3 Å². The van der Waals surface area contributed by atoms with E-state index in [9.17, 15) is 0 Å². The van der Waals surface area contributed by atoms with Crippen LogP contribution in [0.25, 0.3) is 10.1 Å². The largest absolute Gasteiger partial charge is 0.264 e. The zero-order valence-electron chi connectivity index (χ0n) is 7.66. The minimum atomic E-state index is 1.28. The van der Waals surface area contributed by atoms with Crippen molar-refractivity contribution in [2.24, 2.45) is 0 Å². The van der Waals surface area contributed by atoms with Crippen molar-refractivity contribution in [2.75, 3.05) is 0 Å². The molecule has 2 rings (SSSR count). The fraction of sp³-hybridized carbons (Fsp3) is 0.300. The van der Waals surface area contributed by atoms with Gasteiger partial charge >= 0.3 is 0 Å². The lowest BCUT2D eigenvalue weighted by atomic mass is 10.2. The van der Waals surface area contributed by atoms with Crippen LogP contribution in [0, 0.1) is 6.92 Å². The third-order valence-corrected chi connectivity index (χ3v) is 2.65. The first kappa shape index (κ1) is 9.20. The molecule has 64 valence electrons. The van der Waals surface area contributed by atoms with E-state index >= 15 is 0 Å². The Labute approximate surface area is 77.1 Å². The third-order valence-electron chi connectivity index (χ3n) is 1.57. The Morgan fingerprint density at radius 1 is 1.33 bits per heavy atom. The molecule has 12 heavy (non-hydrogen) atoms. The Morgan fingerprint density at radius 2 is 2.08 bits per heavy atom. The first-order valence-electron chi connectivity index (χ1n) is 4.16. The van der Waals surface area contributed by atoms with Gasteiger partial charge in [-0.25, -0.2) is 0 Å². The van der Waals surface area contributed by atoms with Gasteiger partial charge in [-0.15, -0.1) is 11.3 Å². The summed E-state index contributed by atoms with van der Waals surface area (Å²) in [5.74, 6) is 0. The summed E-state index contributed by atoms with van der Waals surface area (Å²) in [5.41, 5.74) is 1.33. The number of hydrogen-bond donors (Lipinski definition) is 0. The minimum Gasteiger partial charge on any atom is -0.264 e. The van der Waals surface area contributed by atoms with E-state index in [2.05, 4.69) is 17.3 Å². The number of hydrogen-bond acceptors (Lipinski definition) is 2. The summed E-state index contributed by atoms with van der Waals surface area (Å²) in [4.78, 5) is 4.05. The second-order valence-corrected chi connectivity index (χ2v) is 3.20. The van der Waals surface area contributed by atoms with Gasteiger partial charge in [-0.1, -0.05) is 13.8 Å². The zero-order valence-corrected chi connectivity index (χ0v) is 8.48. The van der Waals surface area contributed by atoms with Crippen LogP contribution in [0.2, 0.25) is 0 Å². The van der Waals surface area contributed by atoms with E-state index in [4.69, 9.17) is 0 Å². The van der Waals surface area contributed by atoms with Crippen molar-refractivity contribution in [1.29, 1.82) is 0 Å². The van der Waals surface area contributed by atoms with Crippen molar-refractivity contribution in [3.05, 3.63) is 29.4 Å². The average Bonchev–Trinajstić information content (AvgIpc) is 2.53. The molecule has 2 heterocycles. The van der Waals surface area contributed by atoms with Crippen LogP contribution in [0.5, 0.6) is 0 Å². The van der Waals surface area contributed by atoms with Gasteiger partial charge in [-0.2, -0.15) is 0 Å². The Kier molecular flexibility index (Phi) is 3.23. The van der Waals surface area contributed by atoms with E-state index in [0.29, 0.717) is 0 Å². The SMILES string of the molecule is CC.Cc1csc2ccncc12. The number of rotatable bonds is 0. The molecule has 0 atom stereocenters. The average molecular weight is 179 g/mol. The Morgan fingerprint density at radius 3 is 2.75 bits per heavy atom. The summed E-state index contributed by atoms with van der Waals surface area (Å²) < 4.78 is 1.33. The number of nitrogens with zero attached hydrogens (tertiary/aromatic N) is 1. The highest BCUT2D eigenvalue weighted by atomic mass is 32.1. The molecule has 2 aromatic heterocycles. The van der Waals surface area contributed by atoms with Crippen LogP contribution in [0.15, 0.2) is 23.8 Å². The predicted molar refractivity (Wildman–Crippen MR) is 55.7 cm³/mol. The standard InChI is InChI=1S/C8H7NS.C2H6/c1-6-5-10-8-2-3-9-4-7(6)8;1-2/h2-5H,1H3;1-2H3. The second kappa shape index (κ2) is 4.21. The van der Waals surface area contributed by atoms with E-state index in [0.717, 1.165) is 0 Å². The maximum Gasteiger partial charge on any atom is 0.0376 e. The highest BCUT2D eigenvalue weighted by Gasteiger charge is 1.96. The van der Waals surface area contributed by atoms with Gasteiger partial charge in [0.2, 0.25) is 0 Å². The number of thiophene rings is 1. The predicted octanol–water partition coefficient (Wildman–Crippen LogP) is 3.63. The van der Waals surface area contributed by atoms with E-state index in [1.165, 1.54) is 15.6 Å². The van der Waals surface area contributed by atoms with Gasteiger partial charge in [0.25, 0.3) is 0 Å². The van der Waals surface area contributed by atoms with E-state index in [-0.39, 0.29) is 0 Å². The lowest BCUT2D eigenvalue weighted by molar-refractivity contribution is 1.36. The molecule has 0 aliphatic carbocycles. The topological polar surface area (TPSA) is 12.9 Å². The van der Waals surface area contributed by atoms with Crippen molar-refractivity contribution < 1.29 is 0 Å². The fourth-order valence-corrected chi connectivity index (χ4v) is 1.91. The summed E-state index contributed by atoms with van der Waals surface area (Å²) in [6, 6.07) is 2.05. The highest BCUT2D eigenvalue weighted by Crippen LogP contribution is 2.23. The maximum atomic E-state index is 4.05. The molecule has 0 saturated carbocycles. The Balaban J connectivity index is 0.000000336. The second-order valence-electron chi connectivity index (χ2n) is 2.29. The number of aromatic nitrogens is 1. The summed E-state index contributed by atoms with van der Waals surface area (Å²) in [5, 5.41) is 3.44. The van der Waals surface area contributed by atoms with E-state index in [1.807, 2.05) is 32.3 Å². The quantitative estimate of drug-likeness (QED) is 0.601. The molecule has 0 aliphatic heterocycles. The Bertz CT molecular complexity index is 351. The molecule has 1 nitrogen and oxygen atoms in total. The van der Waals surface area contributed by atoms with Crippen LogP contribution in [0.1, 0.15) is 19.4 Å². The number of aryl methyl sites for hydroxylation is 1. The van der Waals surface area contributed by atoms with Crippen molar-refractivity contribution in [3.8, 4) is 0 Å². The molecule has 0 aromatic carbocycles. The summed E-state index contributed by atoms with van der Waals surface area (Å²) in [6.45, 7) is 6.11. The van der Waals surface area contributed by atoms with Gasteiger partial charge in [0, 0.05) is 22.5 Å². The molecule has 0 radical (unpaired) electrons.